The fourth-order valence-corrected chi connectivity index (χ4v) is 2.64. The summed E-state index contributed by atoms with van der Waals surface area (Å²) in [5, 5.41) is 2.86. The lowest BCUT2D eigenvalue weighted by molar-refractivity contribution is -0.117. The van der Waals surface area contributed by atoms with Gasteiger partial charge in [-0.1, -0.05) is 6.92 Å². The number of anilines is 1. The molecular formula is C16H22N2O3. The second-order valence-corrected chi connectivity index (χ2v) is 5.60. The summed E-state index contributed by atoms with van der Waals surface area (Å²) in [5.74, 6) is 0.260. The molecule has 1 aromatic carbocycles. The molecule has 21 heavy (non-hydrogen) atoms. The van der Waals surface area contributed by atoms with Crippen molar-refractivity contribution in [1.82, 2.24) is 4.90 Å². The van der Waals surface area contributed by atoms with Crippen LogP contribution in [0.15, 0.2) is 24.3 Å². The van der Waals surface area contributed by atoms with Gasteiger partial charge in [-0.25, -0.2) is 4.79 Å². The molecule has 5 heteroatoms. The maximum Gasteiger partial charge on any atom is 0.337 e. The fourth-order valence-electron chi connectivity index (χ4n) is 2.64. The summed E-state index contributed by atoms with van der Waals surface area (Å²) in [6.07, 6.45) is 2.40. The van der Waals surface area contributed by atoms with Gasteiger partial charge in [0.2, 0.25) is 5.91 Å². The van der Waals surface area contributed by atoms with Crippen LogP contribution < -0.4 is 5.32 Å². The Balaban J connectivity index is 1.86. The van der Waals surface area contributed by atoms with Crippen LogP contribution >= 0.6 is 0 Å². The van der Waals surface area contributed by atoms with Crippen molar-refractivity contribution in [2.75, 3.05) is 32.1 Å². The van der Waals surface area contributed by atoms with Gasteiger partial charge in [0.1, 0.15) is 0 Å². The smallest absolute Gasteiger partial charge is 0.337 e. The largest absolute Gasteiger partial charge is 0.465 e. The lowest BCUT2D eigenvalue weighted by Crippen LogP contribution is -2.39. The number of likely N-dealkylation sites (tertiary alicyclic amines) is 1. The molecule has 1 amide bonds. The van der Waals surface area contributed by atoms with Crippen LogP contribution in [0.25, 0.3) is 0 Å². The van der Waals surface area contributed by atoms with E-state index < -0.39 is 0 Å². The second-order valence-electron chi connectivity index (χ2n) is 5.60. The Morgan fingerprint density at radius 2 is 2.05 bits per heavy atom. The molecule has 1 atom stereocenters. The molecule has 5 nitrogen and oxygen atoms in total. The standard InChI is InChI=1S/C16H22N2O3/c1-12-4-3-9-18(10-12)11-15(19)17-14-7-5-13(6-8-14)16(20)21-2/h5-8,12H,3-4,9-11H2,1-2H3,(H,17,19)/t12-/m1/s1. The minimum atomic E-state index is -0.379. The van der Waals surface area contributed by atoms with Gasteiger partial charge >= 0.3 is 5.97 Å². The third-order valence-electron chi connectivity index (χ3n) is 3.70. The molecule has 0 aromatic heterocycles. The molecule has 0 saturated carbocycles. The average Bonchev–Trinajstić information content (AvgIpc) is 2.47. The number of nitrogens with one attached hydrogen (secondary N) is 1. The first-order chi connectivity index (χ1) is 10.1. The number of hydrogen-bond donors (Lipinski definition) is 1. The molecule has 0 unspecified atom stereocenters. The maximum atomic E-state index is 12.0. The molecule has 1 aliphatic rings. The molecule has 1 aliphatic heterocycles. The lowest BCUT2D eigenvalue weighted by Gasteiger charge is -2.30. The quantitative estimate of drug-likeness (QED) is 0.863. The molecule has 1 N–H and O–H groups in total. The van der Waals surface area contributed by atoms with Gasteiger partial charge in [0.05, 0.1) is 19.2 Å². The molecule has 0 spiro atoms. The molecule has 1 fully saturated rings. The third kappa shape index (κ3) is 4.56. The Hall–Kier alpha value is -1.88. The molecule has 1 aromatic rings. The normalized spacial score (nSPS) is 19.0. The van der Waals surface area contributed by atoms with Gasteiger partial charge < -0.3 is 10.1 Å². The van der Waals surface area contributed by atoms with Gasteiger partial charge in [-0.2, -0.15) is 0 Å². The van der Waals surface area contributed by atoms with Gasteiger partial charge in [-0.05, 0) is 49.6 Å². The van der Waals surface area contributed by atoms with Crippen molar-refractivity contribution in [3.8, 4) is 0 Å². The Bertz CT molecular complexity index is 499. The number of nitrogens with zero attached hydrogens (tertiary/aromatic N) is 1. The monoisotopic (exact) mass is 290 g/mol. The van der Waals surface area contributed by atoms with E-state index in [0.29, 0.717) is 23.7 Å². The Morgan fingerprint density at radius 1 is 1.33 bits per heavy atom. The van der Waals surface area contributed by atoms with Crippen LogP contribution in [0.1, 0.15) is 30.1 Å². The number of benzene rings is 1. The second kappa shape index (κ2) is 7.22. The van der Waals surface area contributed by atoms with Crippen molar-refractivity contribution in [1.29, 1.82) is 0 Å². The highest BCUT2D eigenvalue weighted by atomic mass is 16.5. The zero-order valence-electron chi connectivity index (χ0n) is 12.6. The van der Waals surface area contributed by atoms with Crippen molar-refractivity contribution < 1.29 is 14.3 Å². The van der Waals surface area contributed by atoms with E-state index in [1.54, 1.807) is 24.3 Å². The van der Waals surface area contributed by atoms with E-state index in [9.17, 15) is 9.59 Å². The van der Waals surface area contributed by atoms with Crippen LogP contribution in [0.3, 0.4) is 0 Å². The number of hydrogen-bond acceptors (Lipinski definition) is 4. The molecule has 0 bridgehead atoms. The number of esters is 1. The van der Waals surface area contributed by atoms with Crippen LogP contribution in [0.4, 0.5) is 5.69 Å². The van der Waals surface area contributed by atoms with Gasteiger partial charge in [0.25, 0.3) is 0 Å². The summed E-state index contributed by atoms with van der Waals surface area (Å²) in [4.78, 5) is 25.5. The van der Waals surface area contributed by atoms with E-state index in [2.05, 4.69) is 21.9 Å². The summed E-state index contributed by atoms with van der Waals surface area (Å²) in [7, 11) is 1.34. The first kappa shape index (κ1) is 15.5. The topological polar surface area (TPSA) is 58.6 Å². The summed E-state index contributed by atoms with van der Waals surface area (Å²) < 4.78 is 4.63. The number of carbonyl (C=O) groups is 2. The SMILES string of the molecule is COC(=O)c1ccc(NC(=O)CN2CCC[C@@H](C)C2)cc1. The van der Waals surface area contributed by atoms with Crippen molar-refractivity contribution in [2.24, 2.45) is 5.92 Å². The van der Waals surface area contributed by atoms with E-state index >= 15 is 0 Å². The number of methoxy groups -OCH3 is 1. The van der Waals surface area contributed by atoms with Crippen molar-refractivity contribution in [3.63, 3.8) is 0 Å². The molecule has 114 valence electrons. The van der Waals surface area contributed by atoms with E-state index in [1.807, 2.05) is 0 Å². The van der Waals surface area contributed by atoms with E-state index in [0.717, 1.165) is 19.5 Å². The van der Waals surface area contributed by atoms with Gasteiger partial charge in [0.15, 0.2) is 0 Å². The lowest BCUT2D eigenvalue weighted by atomic mass is 10.0. The van der Waals surface area contributed by atoms with Crippen molar-refractivity contribution in [3.05, 3.63) is 29.8 Å². The first-order valence-electron chi connectivity index (χ1n) is 7.29. The van der Waals surface area contributed by atoms with Crippen LogP contribution in [0.2, 0.25) is 0 Å². The van der Waals surface area contributed by atoms with Crippen molar-refractivity contribution in [2.45, 2.75) is 19.8 Å². The summed E-state index contributed by atoms with van der Waals surface area (Å²) >= 11 is 0. The Labute approximate surface area is 125 Å². The highest BCUT2D eigenvalue weighted by Crippen LogP contribution is 2.15. The van der Waals surface area contributed by atoms with E-state index in [1.165, 1.54) is 13.5 Å². The predicted molar refractivity (Wildman–Crippen MR) is 81.2 cm³/mol. The fraction of sp³-hybridized carbons (Fsp3) is 0.500. The molecule has 2 rings (SSSR count). The van der Waals surface area contributed by atoms with Crippen LogP contribution in [-0.2, 0) is 9.53 Å². The minimum absolute atomic E-state index is 0.0186. The minimum Gasteiger partial charge on any atom is -0.465 e. The summed E-state index contributed by atoms with van der Waals surface area (Å²) in [6.45, 7) is 4.60. The highest BCUT2D eigenvalue weighted by molar-refractivity contribution is 5.93. The van der Waals surface area contributed by atoms with Gasteiger partial charge in [-0.3, -0.25) is 9.69 Å². The van der Waals surface area contributed by atoms with Crippen LogP contribution in [0, 0.1) is 5.92 Å². The van der Waals surface area contributed by atoms with Gasteiger partial charge in [0, 0.05) is 12.2 Å². The summed E-state index contributed by atoms with van der Waals surface area (Å²) in [6, 6.07) is 6.71. The van der Waals surface area contributed by atoms with Gasteiger partial charge in [-0.15, -0.1) is 0 Å². The molecule has 0 radical (unpaired) electrons. The molecule has 0 aliphatic carbocycles. The van der Waals surface area contributed by atoms with E-state index in [-0.39, 0.29) is 11.9 Å². The number of piperidine rings is 1. The Kier molecular flexibility index (Phi) is 5.33. The van der Waals surface area contributed by atoms with E-state index in [4.69, 9.17) is 0 Å². The number of ether oxygens (including phenoxy) is 1. The first-order valence-corrected chi connectivity index (χ1v) is 7.29. The highest BCUT2D eigenvalue weighted by Gasteiger charge is 2.18. The molecular weight excluding hydrogens is 268 g/mol. The number of amides is 1. The number of carbonyl (C=O) groups excluding carboxylic acids is 2. The van der Waals surface area contributed by atoms with Crippen LogP contribution in [0.5, 0.6) is 0 Å². The predicted octanol–water partition coefficient (Wildman–Crippen LogP) is 2.14. The Morgan fingerprint density at radius 3 is 2.67 bits per heavy atom. The zero-order valence-corrected chi connectivity index (χ0v) is 12.6. The average molecular weight is 290 g/mol. The summed E-state index contributed by atoms with van der Waals surface area (Å²) in [5.41, 5.74) is 1.16. The van der Waals surface area contributed by atoms with Crippen LogP contribution in [-0.4, -0.2) is 43.5 Å². The molecule has 1 saturated heterocycles. The van der Waals surface area contributed by atoms with Crippen molar-refractivity contribution >= 4 is 17.6 Å². The zero-order chi connectivity index (χ0) is 15.2. The number of rotatable bonds is 4. The molecule has 1 heterocycles. The maximum absolute atomic E-state index is 12.0. The third-order valence-corrected chi connectivity index (χ3v) is 3.70.